The van der Waals surface area contributed by atoms with Crippen molar-refractivity contribution in [2.24, 2.45) is 23.7 Å². The number of esters is 1. The molecule has 0 aromatic rings. The van der Waals surface area contributed by atoms with Crippen LogP contribution in [0.25, 0.3) is 0 Å². The number of Topliss-reactive ketones (excluding diaryl/α,β-unsaturated/α-hetero) is 2. The third-order valence-electron chi connectivity index (χ3n) is 12.4. The minimum absolute atomic E-state index is 0.00119. The number of fused-ring (bicyclic) bond motifs is 3. The Bertz CT molecular complexity index is 1450. The molecule has 13 heteroatoms. The van der Waals surface area contributed by atoms with Crippen LogP contribution in [0, 0.1) is 23.7 Å². The Morgan fingerprint density at radius 3 is 2.29 bits per heavy atom. The minimum Gasteiger partial charge on any atom is -0.456 e. The molecule has 4 aliphatic rings. The lowest BCUT2D eigenvalue weighted by Gasteiger charge is -2.47. The maximum atomic E-state index is 14.2. The average Bonchev–Trinajstić information content (AvgIpc) is 3.16. The molecule has 2 saturated heterocycles. The van der Waals surface area contributed by atoms with Gasteiger partial charge in [-0.25, -0.2) is 4.79 Å². The molecule has 13 nitrogen and oxygen atoms in total. The van der Waals surface area contributed by atoms with E-state index in [1.54, 1.807) is 27.0 Å². The molecule has 13 unspecified atom stereocenters. The zero-order valence-corrected chi connectivity index (χ0v) is 34.5. The standard InChI is InChI=1S/C43H67NO12/c1-9-12-30-18-25(2)17-26(3)19-37(53-7)39-38(54-8)21-28(5)43(51,56-39)40(48)41(49)44-16-11-10-13-32(44)42(50)55-35(24-31(45)23-34(30)47)27(4)20-29-14-15-33(46)36(22-29)52-6/h9,18,20,26,28-33,35-39,45-46,51H,1,10-17,19,21-24H2,2-8H3/b25-18+,27-20+. The largest absolute Gasteiger partial charge is 0.456 e. The molecule has 0 radical (unpaired) electrons. The Hall–Kier alpha value is -2.78. The number of amides is 1. The highest BCUT2D eigenvalue weighted by Crippen LogP contribution is 2.39. The summed E-state index contributed by atoms with van der Waals surface area (Å²) in [5, 5.41) is 33.8. The van der Waals surface area contributed by atoms with Crippen LogP contribution in [-0.2, 0) is 42.9 Å². The number of hydrogen-bond donors (Lipinski definition) is 3. The number of allylic oxidation sites excluding steroid dienone is 4. The van der Waals surface area contributed by atoms with Crippen molar-refractivity contribution in [3.8, 4) is 0 Å². The van der Waals surface area contributed by atoms with Crippen molar-refractivity contribution in [3.63, 3.8) is 0 Å². The fourth-order valence-corrected chi connectivity index (χ4v) is 9.13. The van der Waals surface area contributed by atoms with E-state index < -0.39 is 77.9 Å². The summed E-state index contributed by atoms with van der Waals surface area (Å²) in [6, 6.07) is -1.13. The molecule has 3 fully saturated rings. The molecule has 13 atom stereocenters. The summed E-state index contributed by atoms with van der Waals surface area (Å²) >= 11 is 0. The summed E-state index contributed by atoms with van der Waals surface area (Å²) in [7, 11) is 4.61. The van der Waals surface area contributed by atoms with Crippen molar-refractivity contribution in [2.45, 2.75) is 159 Å². The van der Waals surface area contributed by atoms with Crippen LogP contribution in [0.2, 0.25) is 0 Å². The fraction of sp³-hybridized carbons (Fsp3) is 0.767. The molecule has 0 spiro atoms. The molecule has 316 valence electrons. The smallest absolute Gasteiger partial charge is 0.329 e. The maximum Gasteiger partial charge on any atom is 0.329 e. The van der Waals surface area contributed by atoms with E-state index in [2.05, 4.69) is 6.58 Å². The molecule has 1 amide bonds. The van der Waals surface area contributed by atoms with Gasteiger partial charge >= 0.3 is 5.97 Å². The lowest BCUT2D eigenvalue weighted by molar-refractivity contribution is -0.302. The van der Waals surface area contributed by atoms with Gasteiger partial charge in [-0.1, -0.05) is 37.6 Å². The fourth-order valence-electron chi connectivity index (χ4n) is 9.13. The normalized spacial score (nSPS) is 40.1. The van der Waals surface area contributed by atoms with Crippen molar-refractivity contribution < 1.29 is 58.2 Å². The molecule has 1 saturated carbocycles. The summed E-state index contributed by atoms with van der Waals surface area (Å²) in [5.41, 5.74) is 1.61. The van der Waals surface area contributed by atoms with Crippen LogP contribution in [0.4, 0.5) is 0 Å². The van der Waals surface area contributed by atoms with Crippen molar-refractivity contribution in [1.82, 2.24) is 4.90 Å². The molecule has 3 heterocycles. The van der Waals surface area contributed by atoms with Gasteiger partial charge < -0.3 is 43.9 Å². The SMILES string of the molecule is C=CCC1/C=C(\C)CC(C)CC(OC)C2OC(O)(C(=O)C(=O)N3CCCCC3C(=O)OC(/C(C)=C/C3CCC(O)C(OC)C3)CC(O)CC1=O)C(C)CC2OC. The summed E-state index contributed by atoms with van der Waals surface area (Å²) in [6.07, 6.45) is 4.98. The van der Waals surface area contributed by atoms with Crippen LogP contribution in [0.5, 0.6) is 0 Å². The van der Waals surface area contributed by atoms with E-state index in [4.69, 9.17) is 23.7 Å². The number of methoxy groups -OCH3 is 3. The van der Waals surface area contributed by atoms with Gasteiger partial charge in [-0.15, -0.1) is 6.58 Å². The number of aliphatic hydroxyl groups is 3. The van der Waals surface area contributed by atoms with E-state index in [1.807, 2.05) is 26.0 Å². The Kier molecular flexibility index (Phi) is 17.0. The Morgan fingerprint density at radius 2 is 1.62 bits per heavy atom. The van der Waals surface area contributed by atoms with Gasteiger partial charge in [-0.3, -0.25) is 14.4 Å². The summed E-state index contributed by atoms with van der Waals surface area (Å²) in [4.78, 5) is 57.4. The topological polar surface area (TPSA) is 178 Å². The van der Waals surface area contributed by atoms with Crippen molar-refractivity contribution in [2.75, 3.05) is 27.9 Å². The van der Waals surface area contributed by atoms with Gasteiger partial charge in [0.2, 0.25) is 5.79 Å². The van der Waals surface area contributed by atoms with Gasteiger partial charge in [0.1, 0.15) is 24.0 Å². The summed E-state index contributed by atoms with van der Waals surface area (Å²) in [6.45, 7) is 11.4. The van der Waals surface area contributed by atoms with Crippen LogP contribution in [0.15, 0.2) is 36.0 Å². The first kappa shape index (κ1) is 45.9. The lowest BCUT2D eigenvalue weighted by atomic mass is 9.82. The molecule has 0 aromatic heterocycles. The second-order valence-corrected chi connectivity index (χ2v) is 16.8. The van der Waals surface area contributed by atoms with Gasteiger partial charge in [-0.05, 0) is 95.5 Å². The van der Waals surface area contributed by atoms with Crippen molar-refractivity contribution in [3.05, 3.63) is 36.0 Å². The van der Waals surface area contributed by atoms with Gasteiger partial charge in [0, 0.05) is 52.6 Å². The number of aliphatic hydroxyl groups excluding tert-OH is 2. The summed E-state index contributed by atoms with van der Waals surface area (Å²) in [5.74, 6) is -6.97. The molecule has 0 aromatic carbocycles. The van der Waals surface area contributed by atoms with E-state index in [1.165, 1.54) is 19.1 Å². The zero-order valence-electron chi connectivity index (χ0n) is 34.5. The van der Waals surface area contributed by atoms with Crippen molar-refractivity contribution >= 4 is 23.4 Å². The van der Waals surface area contributed by atoms with E-state index in [0.717, 1.165) is 5.57 Å². The zero-order chi connectivity index (χ0) is 41.3. The number of cyclic esters (lactones) is 1. The lowest BCUT2D eigenvalue weighted by Crippen LogP contribution is -2.64. The number of hydrogen-bond acceptors (Lipinski definition) is 12. The number of ether oxygens (including phenoxy) is 5. The van der Waals surface area contributed by atoms with E-state index in [0.29, 0.717) is 56.9 Å². The number of ketones is 2. The van der Waals surface area contributed by atoms with Gasteiger partial charge in [0.15, 0.2) is 0 Å². The number of nitrogens with zero attached hydrogens (tertiary/aromatic N) is 1. The van der Waals surface area contributed by atoms with E-state index in [9.17, 15) is 34.5 Å². The third-order valence-corrected chi connectivity index (χ3v) is 12.4. The van der Waals surface area contributed by atoms with E-state index >= 15 is 0 Å². The molecule has 3 aliphatic heterocycles. The number of carbonyl (C=O) groups excluding carboxylic acids is 4. The predicted molar refractivity (Wildman–Crippen MR) is 208 cm³/mol. The number of piperidine rings is 1. The first-order valence-corrected chi connectivity index (χ1v) is 20.5. The molecular weight excluding hydrogens is 722 g/mol. The average molecular weight is 790 g/mol. The Morgan fingerprint density at radius 1 is 0.946 bits per heavy atom. The van der Waals surface area contributed by atoms with E-state index in [-0.39, 0.29) is 56.0 Å². The van der Waals surface area contributed by atoms with Crippen LogP contribution < -0.4 is 0 Å². The molecule has 56 heavy (non-hydrogen) atoms. The van der Waals surface area contributed by atoms with Crippen LogP contribution in [0.3, 0.4) is 0 Å². The third kappa shape index (κ3) is 11.2. The first-order valence-electron chi connectivity index (χ1n) is 20.5. The molecule has 2 bridgehead atoms. The Balaban J connectivity index is 1.74. The van der Waals surface area contributed by atoms with Crippen LogP contribution >= 0.6 is 0 Å². The Labute approximate surface area is 332 Å². The highest BCUT2D eigenvalue weighted by molar-refractivity contribution is 6.39. The second kappa shape index (κ2) is 20.8. The predicted octanol–water partition coefficient (Wildman–Crippen LogP) is 4.39. The highest BCUT2D eigenvalue weighted by Gasteiger charge is 2.56. The van der Waals surface area contributed by atoms with Gasteiger partial charge in [-0.2, -0.15) is 0 Å². The number of carbonyl (C=O) groups is 4. The first-order chi connectivity index (χ1) is 26.6. The summed E-state index contributed by atoms with van der Waals surface area (Å²) < 4.78 is 29.6. The molecular formula is C43H67NO12. The van der Waals surface area contributed by atoms with Crippen LogP contribution in [-0.4, -0.2) is 126 Å². The molecule has 4 rings (SSSR count). The minimum atomic E-state index is -2.50. The van der Waals surface area contributed by atoms with Gasteiger partial charge in [0.05, 0.1) is 30.5 Å². The van der Waals surface area contributed by atoms with Gasteiger partial charge in [0.25, 0.3) is 11.7 Å². The quantitative estimate of drug-likeness (QED) is 0.189. The second-order valence-electron chi connectivity index (χ2n) is 16.8. The highest BCUT2D eigenvalue weighted by atomic mass is 16.7. The maximum absolute atomic E-state index is 14.2. The van der Waals surface area contributed by atoms with Crippen molar-refractivity contribution in [1.29, 1.82) is 0 Å². The monoisotopic (exact) mass is 789 g/mol. The number of rotatable bonds is 7. The van der Waals surface area contributed by atoms with Crippen LogP contribution in [0.1, 0.15) is 105 Å². The molecule has 3 N–H and O–H groups in total. The molecule has 1 aliphatic carbocycles.